The first-order valence-electron chi connectivity index (χ1n) is 7.95. The summed E-state index contributed by atoms with van der Waals surface area (Å²) >= 11 is 1.34. The first-order valence-corrected chi connectivity index (χ1v) is 8.77. The molecule has 2 aromatic heterocycles. The van der Waals surface area contributed by atoms with E-state index >= 15 is 0 Å². The van der Waals surface area contributed by atoms with Crippen LogP contribution in [0.1, 0.15) is 57.3 Å². The van der Waals surface area contributed by atoms with E-state index in [1.807, 2.05) is 19.9 Å². The number of thiophene rings is 1. The molecular formula is C17H21N3O4S. The Bertz CT molecular complexity index is 764. The van der Waals surface area contributed by atoms with Crippen molar-refractivity contribution in [3.8, 4) is 0 Å². The third kappa shape index (κ3) is 5.25. The number of carbonyl (C=O) groups is 3. The minimum absolute atomic E-state index is 0.0835. The molecule has 7 nitrogen and oxygen atoms in total. The highest BCUT2D eigenvalue weighted by atomic mass is 32.1. The molecule has 0 atom stereocenters. The van der Waals surface area contributed by atoms with Crippen molar-refractivity contribution in [3.05, 3.63) is 39.3 Å². The van der Waals surface area contributed by atoms with Gasteiger partial charge in [0, 0.05) is 18.3 Å². The van der Waals surface area contributed by atoms with Gasteiger partial charge in [-0.25, -0.2) is 4.79 Å². The Morgan fingerprint density at radius 3 is 2.76 bits per heavy atom. The number of esters is 1. The molecule has 8 heteroatoms. The van der Waals surface area contributed by atoms with Crippen LogP contribution >= 0.6 is 11.3 Å². The molecule has 0 spiro atoms. The van der Waals surface area contributed by atoms with E-state index in [9.17, 15) is 14.4 Å². The Hall–Kier alpha value is -2.48. The lowest BCUT2D eigenvalue weighted by Gasteiger charge is -2.06. The minimum Gasteiger partial charge on any atom is -0.454 e. The zero-order chi connectivity index (χ0) is 18.4. The number of rotatable bonds is 8. The molecule has 134 valence electrons. The first-order chi connectivity index (χ1) is 11.9. The summed E-state index contributed by atoms with van der Waals surface area (Å²) in [4.78, 5) is 36.6. The minimum atomic E-state index is -0.562. The second kappa shape index (κ2) is 8.57. The predicted octanol–water partition coefficient (Wildman–Crippen LogP) is 2.31. The summed E-state index contributed by atoms with van der Waals surface area (Å²) in [7, 11) is 0. The number of hydrogen-bond donors (Lipinski definition) is 2. The Balaban J connectivity index is 1.88. The summed E-state index contributed by atoms with van der Waals surface area (Å²) < 4.78 is 5.12. The van der Waals surface area contributed by atoms with Crippen molar-refractivity contribution in [2.24, 2.45) is 0 Å². The van der Waals surface area contributed by atoms with Crippen LogP contribution in [0, 0.1) is 0 Å². The number of nitrogens with zero attached hydrogens (tertiary/aromatic N) is 1. The number of ketones is 1. The third-order valence-electron chi connectivity index (χ3n) is 3.48. The molecule has 0 fully saturated rings. The second-order valence-corrected chi connectivity index (χ2v) is 7.02. The number of ether oxygens (including phenoxy) is 1. The van der Waals surface area contributed by atoms with E-state index in [0.717, 1.165) is 4.88 Å². The molecular weight excluding hydrogens is 342 g/mol. The van der Waals surface area contributed by atoms with Crippen molar-refractivity contribution in [1.82, 2.24) is 15.5 Å². The van der Waals surface area contributed by atoms with Gasteiger partial charge in [0.1, 0.15) is 5.56 Å². The van der Waals surface area contributed by atoms with Gasteiger partial charge >= 0.3 is 5.97 Å². The van der Waals surface area contributed by atoms with Crippen LogP contribution < -0.4 is 5.32 Å². The van der Waals surface area contributed by atoms with E-state index in [4.69, 9.17) is 4.74 Å². The normalized spacial score (nSPS) is 10.7. The summed E-state index contributed by atoms with van der Waals surface area (Å²) in [5.41, 5.74) is 1.04. The van der Waals surface area contributed by atoms with E-state index in [-0.39, 0.29) is 24.2 Å². The molecule has 0 aliphatic rings. The fraction of sp³-hybridized carbons (Fsp3) is 0.412. The predicted molar refractivity (Wildman–Crippen MR) is 94.0 cm³/mol. The lowest BCUT2D eigenvalue weighted by molar-refractivity contribution is -0.118. The van der Waals surface area contributed by atoms with Crippen LogP contribution in [0.2, 0.25) is 0 Å². The van der Waals surface area contributed by atoms with Gasteiger partial charge < -0.3 is 10.1 Å². The van der Waals surface area contributed by atoms with E-state index in [2.05, 4.69) is 15.5 Å². The van der Waals surface area contributed by atoms with Crippen LogP contribution in [-0.2, 0) is 16.0 Å². The van der Waals surface area contributed by atoms with Crippen LogP contribution in [-0.4, -0.2) is 41.0 Å². The fourth-order valence-corrected chi connectivity index (χ4v) is 3.13. The lowest BCUT2D eigenvalue weighted by atomic mass is 10.1. The number of aromatic nitrogens is 2. The number of carbonyl (C=O) groups excluding carboxylic acids is 3. The smallest absolute Gasteiger partial charge is 0.342 e. The van der Waals surface area contributed by atoms with Crippen LogP contribution in [0.25, 0.3) is 0 Å². The van der Waals surface area contributed by atoms with Gasteiger partial charge in [-0.15, -0.1) is 11.3 Å². The molecule has 25 heavy (non-hydrogen) atoms. The zero-order valence-corrected chi connectivity index (χ0v) is 15.2. The third-order valence-corrected chi connectivity index (χ3v) is 4.67. The quantitative estimate of drug-likeness (QED) is 0.554. The average molecular weight is 363 g/mol. The topological polar surface area (TPSA) is 101 Å². The van der Waals surface area contributed by atoms with Gasteiger partial charge in [-0.2, -0.15) is 5.10 Å². The van der Waals surface area contributed by atoms with Gasteiger partial charge in [0.2, 0.25) is 11.7 Å². The van der Waals surface area contributed by atoms with Gasteiger partial charge in [0.15, 0.2) is 6.61 Å². The van der Waals surface area contributed by atoms with E-state index in [1.165, 1.54) is 24.5 Å². The summed E-state index contributed by atoms with van der Waals surface area (Å²) in [5.74, 6) is -0.795. The standard InChI is InChI=1S/C17H21N3O4S/c1-10(2)16-13(8-19-20-16)17(23)24-9-14(22)15-5-4-12(25-15)6-7-18-11(3)21/h4-5,8,10H,6-7,9H2,1-3H3,(H,18,21)(H,19,20). The number of amides is 1. The average Bonchev–Trinajstić information content (AvgIpc) is 3.21. The van der Waals surface area contributed by atoms with Crippen molar-refractivity contribution in [3.63, 3.8) is 0 Å². The van der Waals surface area contributed by atoms with Crippen LogP contribution in [0.3, 0.4) is 0 Å². The molecule has 0 radical (unpaired) electrons. The van der Waals surface area contributed by atoms with Crippen molar-refractivity contribution in [1.29, 1.82) is 0 Å². The first kappa shape index (κ1) is 18.9. The van der Waals surface area contributed by atoms with Gasteiger partial charge in [-0.3, -0.25) is 14.7 Å². The molecule has 0 aromatic carbocycles. The largest absolute Gasteiger partial charge is 0.454 e. The van der Waals surface area contributed by atoms with Crippen molar-refractivity contribution >= 4 is 29.0 Å². The van der Waals surface area contributed by atoms with Crippen LogP contribution in [0.4, 0.5) is 0 Å². The Labute approximate surface area is 149 Å². The number of H-pyrrole nitrogens is 1. The Kier molecular flexibility index (Phi) is 6.46. The lowest BCUT2D eigenvalue weighted by Crippen LogP contribution is -2.22. The number of nitrogens with one attached hydrogen (secondary N) is 2. The summed E-state index contributed by atoms with van der Waals surface area (Å²) in [5, 5.41) is 9.34. The molecule has 0 saturated carbocycles. The number of hydrogen-bond acceptors (Lipinski definition) is 6. The molecule has 2 heterocycles. The van der Waals surface area contributed by atoms with E-state index < -0.39 is 5.97 Å². The maximum Gasteiger partial charge on any atom is 0.342 e. The SMILES string of the molecule is CC(=O)NCCc1ccc(C(=O)COC(=O)c2cn[nH]c2C(C)C)s1. The van der Waals surface area contributed by atoms with E-state index in [0.29, 0.717) is 29.1 Å². The van der Waals surface area contributed by atoms with Gasteiger partial charge in [-0.05, 0) is 24.5 Å². The Morgan fingerprint density at radius 2 is 2.08 bits per heavy atom. The summed E-state index contributed by atoms with van der Waals surface area (Å²) in [6.07, 6.45) is 2.07. The molecule has 0 unspecified atom stereocenters. The van der Waals surface area contributed by atoms with Gasteiger partial charge in [0.05, 0.1) is 16.8 Å². The maximum absolute atomic E-state index is 12.2. The van der Waals surface area contributed by atoms with Crippen molar-refractivity contribution < 1.29 is 19.1 Å². The van der Waals surface area contributed by atoms with Crippen LogP contribution in [0.5, 0.6) is 0 Å². The van der Waals surface area contributed by atoms with Crippen molar-refractivity contribution in [2.75, 3.05) is 13.2 Å². The molecule has 0 bridgehead atoms. The monoisotopic (exact) mass is 363 g/mol. The molecule has 1 amide bonds. The highest BCUT2D eigenvalue weighted by molar-refractivity contribution is 7.14. The van der Waals surface area contributed by atoms with Crippen LogP contribution in [0.15, 0.2) is 18.3 Å². The Morgan fingerprint density at radius 1 is 1.32 bits per heavy atom. The summed E-state index contributed by atoms with van der Waals surface area (Å²) in [6, 6.07) is 3.55. The highest BCUT2D eigenvalue weighted by Gasteiger charge is 2.19. The highest BCUT2D eigenvalue weighted by Crippen LogP contribution is 2.19. The van der Waals surface area contributed by atoms with E-state index in [1.54, 1.807) is 6.07 Å². The molecule has 2 rings (SSSR count). The van der Waals surface area contributed by atoms with Crippen molar-refractivity contribution in [2.45, 2.75) is 33.1 Å². The summed E-state index contributed by atoms with van der Waals surface area (Å²) in [6.45, 7) is 5.54. The zero-order valence-electron chi connectivity index (χ0n) is 14.4. The molecule has 2 aromatic rings. The van der Waals surface area contributed by atoms with Gasteiger partial charge in [0.25, 0.3) is 0 Å². The number of Topliss-reactive ketones (excluding diaryl/α,β-unsaturated/α-hetero) is 1. The molecule has 0 aliphatic carbocycles. The number of aromatic amines is 1. The van der Waals surface area contributed by atoms with Gasteiger partial charge in [-0.1, -0.05) is 13.8 Å². The maximum atomic E-state index is 12.2. The molecule has 0 aliphatic heterocycles. The fourth-order valence-electron chi connectivity index (χ4n) is 2.20. The molecule has 0 saturated heterocycles. The second-order valence-electron chi connectivity index (χ2n) is 5.85. The molecule has 2 N–H and O–H groups in total.